The molecule has 6 nitrogen and oxygen atoms in total. The maximum atomic E-state index is 11.4. The predicted octanol–water partition coefficient (Wildman–Crippen LogP) is 0.537. The average molecular weight is 252 g/mol. The lowest BCUT2D eigenvalue weighted by Crippen LogP contribution is -2.28. The van der Waals surface area contributed by atoms with E-state index in [9.17, 15) is 4.79 Å². The first-order valence-electron chi connectivity index (χ1n) is 5.85. The Labute approximate surface area is 107 Å². The van der Waals surface area contributed by atoms with Crippen LogP contribution in [0.3, 0.4) is 0 Å². The van der Waals surface area contributed by atoms with Gasteiger partial charge >= 0.3 is 0 Å². The van der Waals surface area contributed by atoms with Gasteiger partial charge in [-0.1, -0.05) is 0 Å². The zero-order valence-corrected chi connectivity index (χ0v) is 10.8. The van der Waals surface area contributed by atoms with Crippen LogP contribution in [0.4, 0.5) is 11.5 Å². The Bertz CT molecular complexity index is 396. The standard InChI is InChI=1S/C12H20N4O2/c1-9-3-5-15-12(11(9)13)16-6-4-10(17)14-7-8-18-2/h3,5H,4,6-8,13H2,1-2H3,(H,14,17)(H,15,16). The van der Waals surface area contributed by atoms with Crippen molar-refractivity contribution in [3.8, 4) is 0 Å². The summed E-state index contributed by atoms with van der Waals surface area (Å²) in [5.74, 6) is 0.602. The van der Waals surface area contributed by atoms with Crippen LogP contribution in [0.15, 0.2) is 12.3 Å². The lowest BCUT2D eigenvalue weighted by atomic mass is 10.2. The molecule has 6 heteroatoms. The highest BCUT2D eigenvalue weighted by molar-refractivity contribution is 5.76. The van der Waals surface area contributed by atoms with Gasteiger partial charge in [-0.25, -0.2) is 4.98 Å². The molecule has 0 aliphatic carbocycles. The first-order chi connectivity index (χ1) is 8.65. The molecule has 0 fully saturated rings. The molecule has 1 aromatic heterocycles. The molecule has 0 radical (unpaired) electrons. The second-order valence-electron chi connectivity index (χ2n) is 3.91. The van der Waals surface area contributed by atoms with E-state index in [2.05, 4.69) is 15.6 Å². The van der Waals surface area contributed by atoms with Gasteiger partial charge in [0.1, 0.15) is 5.82 Å². The third-order valence-corrected chi connectivity index (χ3v) is 2.48. The molecule has 18 heavy (non-hydrogen) atoms. The van der Waals surface area contributed by atoms with Crippen LogP contribution < -0.4 is 16.4 Å². The van der Waals surface area contributed by atoms with E-state index in [4.69, 9.17) is 10.5 Å². The summed E-state index contributed by atoms with van der Waals surface area (Å²) in [5.41, 5.74) is 7.45. The Morgan fingerprint density at radius 2 is 2.28 bits per heavy atom. The molecule has 0 aliphatic rings. The second-order valence-corrected chi connectivity index (χ2v) is 3.91. The van der Waals surface area contributed by atoms with E-state index in [1.165, 1.54) is 0 Å². The van der Waals surface area contributed by atoms with Crippen molar-refractivity contribution in [3.63, 3.8) is 0 Å². The van der Waals surface area contributed by atoms with Crippen LogP contribution in [-0.4, -0.2) is 37.7 Å². The number of pyridine rings is 1. The number of carbonyl (C=O) groups excluding carboxylic acids is 1. The first-order valence-corrected chi connectivity index (χ1v) is 5.85. The van der Waals surface area contributed by atoms with Gasteiger partial charge in [0, 0.05) is 32.8 Å². The number of hydrogen-bond donors (Lipinski definition) is 3. The molecule has 4 N–H and O–H groups in total. The van der Waals surface area contributed by atoms with Crippen molar-refractivity contribution in [1.82, 2.24) is 10.3 Å². The third-order valence-electron chi connectivity index (χ3n) is 2.48. The van der Waals surface area contributed by atoms with Gasteiger partial charge < -0.3 is 21.1 Å². The molecule has 0 aromatic carbocycles. The van der Waals surface area contributed by atoms with Crippen molar-refractivity contribution < 1.29 is 9.53 Å². The summed E-state index contributed by atoms with van der Waals surface area (Å²) >= 11 is 0. The molecule has 0 spiro atoms. The predicted molar refractivity (Wildman–Crippen MR) is 71.4 cm³/mol. The number of amides is 1. The molecule has 1 heterocycles. The summed E-state index contributed by atoms with van der Waals surface area (Å²) in [6.45, 7) is 3.46. The summed E-state index contributed by atoms with van der Waals surface area (Å²) in [6.07, 6.45) is 2.06. The number of nitrogens with one attached hydrogen (secondary N) is 2. The molecule has 0 atom stereocenters. The maximum Gasteiger partial charge on any atom is 0.221 e. The van der Waals surface area contributed by atoms with E-state index < -0.39 is 0 Å². The Morgan fingerprint density at radius 3 is 3.00 bits per heavy atom. The van der Waals surface area contributed by atoms with Crippen LogP contribution in [0.1, 0.15) is 12.0 Å². The highest BCUT2D eigenvalue weighted by atomic mass is 16.5. The Hall–Kier alpha value is -1.82. The number of nitrogen functional groups attached to an aromatic ring is 1. The van der Waals surface area contributed by atoms with Crippen LogP contribution in [0.2, 0.25) is 0 Å². The van der Waals surface area contributed by atoms with Crippen molar-refractivity contribution in [3.05, 3.63) is 17.8 Å². The molecule has 0 aliphatic heterocycles. The van der Waals surface area contributed by atoms with Crippen molar-refractivity contribution in [2.45, 2.75) is 13.3 Å². The number of anilines is 2. The third kappa shape index (κ3) is 4.58. The molecule has 0 bridgehead atoms. The number of aryl methyl sites for hydroxylation is 1. The van der Waals surface area contributed by atoms with Gasteiger partial charge in [0.25, 0.3) is 0 Å². The number of hydrogen-bond acceptors (Lipinski definition) is 5. The van der Waals surface area contributed by atoms with Gasteiger partial charge in [-0.3, -0.25) is 4.79 Å². The molecule has 0 saturated carbocycles. The molecule has 1 amide bonds. The number of carbonyl (C=O) groups is 1. The topological polar surface area (TPSA) is 89.3 Å². The van der Waals surface area contributed by atoms with Crippen LogP contribution in [0.5, 0.6) is 0 Å². The molecular formula is C12H20N4O2. The van der Waals surface area contributed by atoms with Crippen LogP contribution in [-0.2, 0) is 9.53 Å². The van der Waals surface area contributed by atoms with E-state index in [0.29, 0.717) is 37.6 Å². The number of nitrogens with two attached hydrogens (primary N) is 1. The smallest absolute Gasteiger partial charge is 0.221 e. The number of ether oxygens (including phenoxy) is 1. The monoisotopic (exact) mass is 252 g/mol. The summed E-state index contributed by atoms with van der Waals surface area (Å²) in [7, 11) is 1.60. The van der Waals surface area contributed by atoms with Crippen molar-refractivity contribution in [2.24, 2.45) is 0 Å². The van der Waals surface area contributed by atoms with Gasteiger partial charge in [0.05, 0.1) is 12.3 Å². The maximum absolute atomic E-state index is 11.4. The minimum absolute atomic E-state index is 0.0224. The number of rotatable bonds is 7. The van der Waals surface area contributed by atoms with Gasteiger partial charge in [-0.05, 0) is 18.6 Å². The molecule has 0 saturated heterocycles. The molecule has 0 unspecified atom stereocenters. The summed E-state index contributed by atoms with van der Waals surface area (Å²) in [4.78, 5) is 15.5. The molecule has 1 rings (SSSR count). The van der Waals surface area contributed by atoms with Crippen LogP contribution in [0.25, 0.3) is 0 Å². The van der Waals surface area contributed by atoms with Gasteiger partial charge in [0.15, 0.2) is 0 Å². The fraction of sp³-hybridized carbons (Fsp3) is 0.500. The van der Waals surface area contributed by atoms with E-state index >= 15 is 0 Å². The van der Waals surface area contributed by atoms with Gasteiger partial charge in [-0.15, -0.1) is 0 Å². The van der Waals surface area contributed by atoms with Gasteiger partial charge in [0.2, 0.25) is 5.91 Å². The normalized spacial score (nSPS) is 10.1. The molecule has 100 valence electrons. The Kier molecular flexibility index (Phi) is 5.93. The molecular weight excluding hydrogens is 232 g/mol. The van der Waals surface area contributed by atoms with Crippen molar-refractivity contribution >= 4 is 17.4 Å². The number of aromatic nitrogens is 1. The second kappa shape index (κ2) is 7.50. The van der Waals surface area contributed by atoms with Crippen LogP contribution >= 0.6 is 0 Å². The largest absolute Gasteiger partial charge is 0.396 e. The van der Waals surface area contributed by atoms with Gasteiger partial charge in [-0.2, -0.15) is 0 Å². The fourth-order valence-electron chi connectivity index (χ4n) is 1.39. The number of methoxy groups -OCH3 is 1. The SMILES string of the molecule is COCCNC(=O)CCNc1nccc(C)c1N. The lowest BCUT2D eigenvalue weighted by Gasteiger charge is -2.09. The minimum atomic E-state index is -0.0224. The Morgan fingerprint density at radius 1 is 1.50 bits per heavy atom. The van der Waals surface area contributed by atoms with E-state index in [0.717, 1.165) is 5.56 Å². The quantitative estimate of drug-likeness (QED) is 0.616. The Balaban J connectivity index is 2.29. The van der Waals surface area contributed by atoms with Crippen molar-refractivity contribution in [1.29, 1.82) is 0 Å². The van der Waals surface area contributed by atoms with E-state index in [-0.39, 0.29) is 5.91 Å². The zero-order valence-electron chi connectivity index (χ0n) is 10.8. The fourth-order valence-corrected chi connectivity index (χ4v) is 1.39. The highest BCUT2D eigenvalue weighted by Crippen LogP contribution is 2.18. The summed E-state index contributed by atoms with van der Waals surface area (Å²) in [5, 5.41) is 5.79. The zero-order chi connectivity index (χ0) is 13.4. The highest BCUT2D eigenvalue weighted by Gasteiger charge is 2.04. The van der Waals surface area contributed by atoms with Crippen molar-refractivity contribution in [2.75, 3.05) is 37.9 Å². The van der Waals surface area contributed by atoms with Crippen LogP contribution in [0, 0.1) is 6.92 Å². The first kappa shape index (κ1) is 14.2. The molecule has 1 aromatic rings. The van der Waals surface area contributed by atoms with E-state index in [1.807, 2.05) is 13.0 Å². The van der Waals surface area contributed by atoms with E-state index in [1.54, 1.807) is 13.3 Å². The minimum Gasteiger partial charge on any atom is -0.396 e. The summed E-state index contributed by atoms with van der Waals surface area (Å²) in [6, 6.07) is 1.85. The summed E-state index contributed by atoms with van der Waals surface area (Å²) < 4.78 is 4.84. The lowest BCUT2D eigenvalue weighted by molar-refractivity contribution is -0.121. The number of nitrogens with zero attached hydrogens (tertiary/aromatic N) is 1. The average Bonchev–Trinajstić information content (AvgIpc) is 2.35.